The molecule has 0 heterocycles. The minimum atomic E-state index is -0.768. The smallest absolute Gasteiger partial charge is 0.306 e. The zero-order valence-electron chi connectivity index (χ0n) is 48.0. The van der Waals surface area contributed by atoms with E-state index < -0.39 is 6.10 Å². The number of esters is 3. The summed E-state index contributed by atoms with van der Waals surface area (Å²) in [7, 11) is 0. The van der Waals surface area contributed by atoms with Crippen LogP contribution in [0.5, 0.6) is 0 Å². The predicted molar refractivity (Wildman–Crippen MR) is 307 cm³/mol. The summed E-state index contributed by atoms with van der Waals surface area (Å²) in [6.45, 7) is 6.66. The molecule has 0 aromatic heterocycles. The van der Waals surface area contributed by atoms with Crippen molar-refractivity contribution in [2.75, 3.05) is 13.2 Å². The molecule has 6 nitrogen and oxygen atoms in total. The van der Waals surface area contributed by atoms with E-state index in [-0.39, 0.29) is 31.1 Å². The fraction of sp³-hybridized carbons (Fsp3) is 0.892. The lowest BCUT2D eigenvalue weighted by molar-refractivity contribution is -0.167. The SMILES string of the molecule is CCCCCCCCC/C=C\CCCCCCCCCC(=O)OC(COC(=O)CCCCCCCCCC)COC(=O)CCCCCCCCCCCCCCCCC/C=C\CCCCCCCCCC. The van der Waals surface area contributed by atoms with Crippen LogP contribution in [-0.2, 0) is 28.6 Å². The van der Waals surface area contributed by atoms with E-state index in [1.165, 1.54) is 257 Å². The normalized spacial score (nSPS) is 12.1. The maximum Gasteiger partial charge on any atom is 0.306 e. The molecule has 6 heteroatoms. The van der Waals surface area contributed by atoms with E-state index in [0.29, 0.717) is 19.3 Å². The van der Waals surface area contributed by atoms with Crippen molar-refractivity contribution in [1.29, 1.82) is 0 Å². The Morgan fingerprint density at radius 1 is 0.268 bits per heavy atom. The lowest BCUT2D eigenvalue weighted by Crippen LogP contribution is -2.30. The zero-order chi connectivity index (χ0) is 51.4. The molecule has 0 rings (SSSR count). The van der Waals surface area contributed by atoms with Gasteiger partial charge in [0.25, 0.3) is 0 Å². The number of rotatable bonds is 59. The number of carbonyl (C=O) groups is 3. The van der Waals surface area contributed by atoms with Crippen molar-refractivity contribution in [1.82, 2.24) is 0 Å². The van der Waals surface area contributed by atoms with E-state index in [2.05, 4.69) is 45.1 Å². The Bertz CT molecular complexity index is 1150. The molecule has 0 aromatic rings. The average Bonchev–Trinajstić information content (AvgIpc) is 3.37. The minimum absolute atomic E-state index is 0.0682. The highest BCUT2D eigenvalue weighted by Crippen LogP contribution is 2.17. The molecule has 1 atom stereocenters. The lowest BCUT2D eigenvalue weighted by Gasteiger charge is -2.18. The van der Waals surface area contributed by atoms with Crippen LogP contribution >= 0.6 is 0 Å². The third kappa shape index (κ3) is 58.7. The van der Waals surface area contributed by atoms with Gasteiger partial charge < -0.3 is 14.2 Å². The van der Waals surface area contributed by atoms with Crippen LogP contribution in [0.3, 0.4) is 0 Å². The van der Waals surface area contributed by atoms with Crippen LogP contribution in [0.4, 0.5) is 0 Å². The maximum absolute atomic E-state index is 12.8. The molecule has 0 fully saturated rings. The second-order valence-electron chi connectivity index (χ2n) is 21.7. The van der Waals surface area contributed by atoms with Gasteiger partial charge in [-0.2, -0.15) is 0 Å². The topological polar surface area (TPSA) is 78.9 Å². The van der Waals surface area contributed by atoms with E-state index in [4.69, 9.17) is 14.2 Å². The molecule has 0 spiro atoms. The molecule has 0 bridgehead atoms. The number of hydrogen-bond donors (Lipinski definition) is 0. The van der Waals surface area contributed by atoms with Crippen LogP contribution in [0.25, 0.3) is 0 Å². The largest absolute Gasteiger partial charge is 0.462 e. The molecule has 0 aliphatic rings. The van der Waals surface area contributed by atoms with Gasteiger partial charge in [0, 0.05) is 19.3 Å². The van der Waals surface area contributed by atoms with Gasteiger partial charge >= 0.3 is 17.9 Å². The van der Waals surface area contributed by atoms with Crippen LogP contribution in [0.1, 0.15) is 355 Å². The number of carbonyl (C=O) groups excluding carboxylic acids is 3. The van der Waals surface area contributed by atoms with Crippen molar-refractivity contribution in [2.24, 2.45) is 0 Å². The van der Waals surface area contributed by atoms with E-state index >= 15 is 0 Å². The molecule has 0 aliphatic carbocycles. The van der Waals surface area contributed by atoms with Crippen molar-refractivity contribution in [3.63, 3.8) is 0 Å². The number of allylic oxidation sites excluding steroid dienone is 4. The van der Waals surface area contributed by atoms with Crippen molar-refractivity contribution in [3.05, 3.63) is 24.3 Å². The zero-order valence-corrected chi connectivity index (χ0v) is 48.0. The molecule has 71 heavy (non-hydrogen) atoms. The Balaban J connectivity index is 4.09. The Morgan fingerprint density at radius 3 is 0.704 bits per heavy atom. The average molecular weight is 1000 g/mol. The first-order chi connectivity index (χ1) is 35.0. The standard InChI is InChI=1S/C65H122O6/c1-4-7-10-13-16-19-21-23-25-27-29-30-31-32-33-34-35-36-37-39-40-42-44-46-49-52-55-58-64(67)70-61-62(60-69-63(66)57-54-51-48-18-15-12-9-6-3)71-65(68)59-56-53-50-47-45-43-41-38-28-26-24-22-20-17-14-11-8-5-2/h26-29,62H,4-25,30-61H2,1-3H3/b28-26-,29-27-. The molecule has 0 saturated carbocycles. The van der Waals surface area contributed by atoms with Gasteiger partial charge in [0.1, 0.15) is 13.2 Å². The van der Waals surface area contributed by atoms with Crippen LogP contribution in [0.15, 0.2) is 24.3 Å². The van der Waals surface area contributed by atoms with Gasteiger partial charge in [-0.1, -0.05) is 289 Å². The summed E-state index contributed by atoms with van der Waals surface area (Å²) in [6.07, 6.45) is 72.1. The van der Waals surface area contributed by atoms with Crippen LogP contribution in [-0.4, -0.2) is 37.2 Å². The Labute approximate surface area is 443 Å². The Hall–Kier alpha value is -2.11. The molecular weight excluding hydrogens is 877 g/mol. The van der Waals surface area contributed by atoms with E-state index in [0.717, 1.165) is 57.8 Å². The van der Waals surface area contributed by atoms with Crippen LogP contribution in [0.2, 0.25) is 0 Å². The molecule has 0 N–H and O–H groups in total. The van der Waals surface area contributed by atoms with Gasteiger partial charge in [0.15, 0.2) is 6.10 Å². The van der Waals surface area contributed by atoms with E-state index in [1.54, 1.807) is 0 Å². The first-order valence-electron chi connectivity index (χ1n) is 31.8. The van der Waals surface area contributed by atoms with Crippen LogP contribution in [0, 0.1) is 0 Å². The molecule has 1 unspecified atom stereocenters. The van der Waals surface area contributed by atoms with Crippen LogP contribution < -0.4 is 0 Å². The van der Waals surface area contributed by atoms with Gasteiger partial charge in [-0.05, 0) is 70.6 Å². The van der Waals surface area contributed by atoms with Crippen molar-refractivity contribution in [2.45, 2.75) is 361 Å². The third-order valence-corrected chi connectivity index (χ3v) is 14.4. The van der Waals surface area contributed by atoms with Gasteiger partial charge in [-0.15, -0.1) is 0 Å². The summed E-state index contributed by atoms with van der Waals surface area (Å²) in [5.74, 6) is -0.855. The highest BCUT2D eigenvalue weighted by atomic mass is 16.6. The highest BCUT2D eigenvalue weighted by molar-refractivity contribution is 5.71. The highest BCUT2D eigenvalue weighted by Gasteiger charge is 2.19. The second-order valence-corrected chi connectivity index (χ2v) is 21.7. The Kier molecular flexibility index (Phi) is 58.6. The summed E-state index contributed by atoms with van der Waals surface area (Å²) in [5.41, 5.74) is 0. The van der Waals surface area contributed by atoms with E-state index in [1.807, 2.05) is 0 Å². The predicted octanol–water partition coefficient (Wildman–Crippen LogP) is 21.4. The van der Waals surface area contributed by atoms with Gasteiger partial charge in [0.05, 0.1) is 0 Å². The number of ether oxygens (including phenoxy) is 3. The Morgan fingerprint density at radius 2 is 0.465 bits per heavy atom. The van der Waals surface area contributed by atoms with Crippen molar-refractivity contribution >= 4 is 17.9 Å². The van der Waals surface area contributed by atoms with Gasteiger partial charge in [-0.25, -0.2) is 0 Å². The summed E-state index contributed by atoms with van der Waals surface area (Å²) in [6, 6.07) is 0. The van der Waals surface area contributed by atoms with Crippen molar-refractivity contribution < 1.29 is 28.6 Å². The maximum atomic E-state index is 12.8. The molecule has 0 saturated heterocycles. The summed E-state index contributed by atoms with van der Waals surface area (Å²) in [4.78, 5) is 38.1. The summed E-state index contributed by atoms with van der Waals surface area (Å²) >= 11 is 0. The minimum Gasteiger partial charge on any atom is -0.462 e. The monoisotopic (exact) mass is 999 g/mol. The van der Waals surface area contributed by atoms with Gasteiger partial charge in [0.2, 0.25) is 0 Å². The first-order valence-corrected chi connectivity index (χ1v) is 31.8. The molecule has 0 aliphatic heterocycles. The molecule has 418 valence electrons. The summed E-state index contributed by atoms with van der Waals surface area (Å²) < 4.78 is 16.9. The lowest BCUT2D eigenvalue weighted by atomic mass is 10.0. The second kappa shape index (κ2) is 60.4. The molecule has 0 aromatic carbocycles. The van der Waals surface area contributed by atoms with E-state index in [9.17, 15) is 14.4 Å². The van der Waals surface area contributed by atoms with Gasteiger partial charge in [-0.3, -0.25) is 14.4 Å². The molecule has 0 radical (unpaired) electrons. The third-order valence-electron chi connectivity index (χ3n) is 14.4. The summed E-state index contributed by atoms with van der Waals surface area (Å²) in [5, 5.41) is 0. The first kappa shape index (κ1) is 68.9. The fourth-order valence-corrected chi connectivity index (χ4v) is 9.61. The number of unbranched alkanes of at least 4 members (excludes halogenated alkanes) is 44. The molecular formula is C65H122O6. The number of hydrogen-bond acceptors (Lipinski definition) is 6. The quantitative estimate of drug-likeness (QED) is 0.0261. The van der Waals surface area contributed by atoms with Crippen molar-refractivity contribution in [3.8, 4) is 0 Å². The molecule has 0 amide bonds. The fourth-order valence-electron chi connectivity index (χ4n) is 9.61.